The molecule has 0 fully saturated rings. The molecule has 5 heteroatoms. The predicted molar refractivity (Wildman–Crippen MR) is 70.2 cm³/mol. The van der Waals surface area contributed by atoms with Crippen LogP contribution in [0, 0.1) is 6.92 Å². The maximum atomic E-state index is 11.6. The highest BCUT2D eigenvalue weighted by atomic mass is 79.9. The second-order valence-corrected chi connectivity index (χ2v) is 4.28. The number of amides is 2. The van der Waals surface area contributed by atoms with Crippen molar-refractivity contribution in [1.82, 2.24) is 0 Å². The minimum absolute atomic E-state index is 0.332. The molecule has 0 bridgehead atoms. The molecule has 0 aliphatic carbocycles. The summed E-state index contributed by atoms with van der Waals surface area (Å²) < 4.78 is 5.74. The lowest BCUT2D eigenvalue weighted by molar-refractivity contribution is 0.261. The fourth-order valence-electron chi connectivity index (χ4n) is 1.36. The third-order valence-electron chi connectivity index (χ3n) is 2.20. The molecule has 0 unspecified atom stereocenters. The number of nitrogens with one attached hydrogen (secondary N) is 2. The number of benzene rings is 1. The molecule has 2 aromatic rings. The van der Waals surface area contributed by atoms with Crippen LogP contribution in [0.25, 0.3) is 0 Å². The largest absolute Gasteiger partial charge is 0.434 e. The van der Waals surface area contributed by atoms with Crippen molar-refractivity contribution in [3.63, 3.8) is 0 Å². The molecule has 0 saturated heterocycles. The van der Waals surface area contributed by atoms with Gasteiger partial charge in [0.05, 0.1) is 0 Å². The summed E-state index contributed by atoms with van der Waals surface area (Å²) in [5.74, 6) is 0.392. The van der Waals surface area contributed by atoms with Gasteiger partial charge in [-0.1, -0.05) is 18.2 Å². The number of rotatable bonds is 2. The van der Waals surface area contributed by atoms with E-state index >= 15 is 0 Å². The number of hydrogen-bond acceptors (Lipinski definition) is 2. The van der Waals surface area contributed by atoms with Crippen LogP contribution in [-0.2, 0) is 0 Å². The van der Waals surface area contributed by atoms with Crippen molar-refractivity contribution in [1.29, 1.82) is 0 Å². The molecular weight excluding hydrogens is 284 g/mol. The van der Waals surface area contributed by atoms with Crippen LogP contribution in [0.1, 0.15) is 5.56 Å². The average molecular weight is 295 g/mol. The van der Waals surface area contributed by atoms with Crippen LogP contribution < -0.4 is 10.6 Å². The second-order valence-electron chi connectivity index (χ2n) is 3.50. The highest BCUT2D eigenvalue weighted by Gasteiger charge is 2.06. The zero-order valence-electron chi connectivity index (χ0n) is 9.16. The molecule has 0 radical (unpaired) electrons. The summed E-state index contributed by atoms with van der Waals surface area (Å²) >= 11 is 3.16. The van der Waals surface area contributed by atoms with Crippen LogP contribution in [-0.4, -0.2) is 6.03 Å². The van der Waals surface area contributed by atoms with Gasteiger partial charge in [0.25, 0.3) is 0 Å². The third-order valence-corrected chi connectivity index (χ3v) is 2.63. The molecule has 0 atom stereocenters. The van der Waals surface area contributed by atoms with Crippen LogP contribution in [0.2, 0.25) is 0 Å². The van der Waals surface area contributed by atoms with Gasteiger partial charge in [-0.05, 0) is 40.5 Å². The smallest absolute Gasteiger partial charge is 0.326 e. The van der Waals surface area contributed by atoms with E-state index in [1.807, 2.05) is 31.2 Å². The molecule has 2 N–H and O–H groups in total. The summed E-state index contributed by atoms with van der Waals surface area (Å²) in [5, 5.41) is 5.33. The number of urea groups is 1. The fourth-order valence-corrected chi connectivity index (χ4v) is 1.67. The molecule has 0 saturated carbocycles. The minimum atomic E-state index is -0.332. The first kappa shape index (κ1) is 11.7. The summed E-state index contributed by atoms with van der Waals surface area (Å²) in [4.78, 5) is 11.6. The predicted octanol–water partition coefficient (Wildman–Crippen LogP) is 3.99. The van der Waals surface area contributed by atoms with Gasteiger partial charge in [0, 0.05) is 11.8 Å². The van der Waals surface area contributed by atoms with Crippen molar-refractivity contribution in [3.8, 4) is 0 Å². The van der Waals surface area contributed by atoms with Crippen molar-refractivity contribution in [2.75, 3.05) is 10.6 Å². The number of para-hydroxylation sites is 1. The van der Waals surface area contributed by atoms with E-state index in [1.165, 1.54) is 0 Å². The summed E-state index contributed by atoms with van der Waals surface area (Å²) in [6, 6.07) is 10.6. The lowest BCUT2D eigenvalue weighted by Crippen LogP contribution is -2.19. The van der Waals surface area contributed by atoms with Crippen LogP contribution in [0.5, 0.6) is 0 Å². The topological polar surface area (TPSA) is 54.3 Å². The average Bonchev–Trinajstić information content (AvgIpc) is 2.67. The van der Waals surface area contributed by atoms with E-state index in [9.17, 15) is 4.79 Å². The van der Waals surface area contributed by atoms with Gasteiger partial charge in [0.1, 0.15) is 0 Å². The van der Waals surface area contributed by atoms with Crippen LogP contribution in [0.3, 0.4) is 0 Å². The third kappa shape index (κ3) is 3.10. The lowest BCUT2D eigenvalue weighted by Gasteiger charge is -2.07. The van der Waals surface area contributed by atoms with Crippen molar-refractivity contribution in [3.05, 3.63) is 46.6 Å². The first-order chi connectivity index (χ1) is 8.15. The van der Waals surface area contributed by atoms with E-state index < -0.39 is 0 Å². The highest BCUT2D eigenvalue weighted by molar-refractivity contribution is 9.10. The van der Waals surface area contributed by atoms with E-state index in [2.05, 4.69) is 26.6 Å². The van der Waals surface area contributed by atoms with Crippen LogP contribution in [0.4, 0.5) is 16.4 Å². The summed E-state index contributed by atoms with van der Waals surface area (Å²) in [6.45, 7) is 1.93. The maximum absolute atomic E-state index is 11.6. The number of hydrogen-bond donors (Lipinski definition) is 2. The van der Waals surface area contributed by atoms with Crippen LogP contribution in [0.15, 0.2) is 45.5 Å². The Balaban J connectivity index is 2.01. The molecule has 0 aliphatic heterocycles. The monoisotopic (exact) mass is 294 g/mol. The van der Waals surface area contributed by atoms with Crippen molar-refractivity contribution in [2.24, 2.45) is 0 Å². The van der Waals surface area contributed by atoms with Crippen molar-refractivity contribution < 1.29 is 9.21 Å². The SMILES string of the molecule is Cc1ccccc1NC(=O)Nc1ccc(Br)o1. The Bertz CT molecular complexity index is 537. The van der Waals surface area contributed by atoms with E-state index in [-0.39, 0.29) is 6.03 Å². The number of furan rings is 1. The number of aryl methyl sites for hydroxylation is 1. The molecule has 1 aromatic carbocycles. The molecule has 1 aromatic heterocycles. The molecule has 88 valence electrons. The summed E-state index contributed by atoms with van der Waals surface area (Å²) in [6.07, 6.45) is 0. The molecule has 2 amide bonds. The van der Waals surface area contributed by atoms with E-state index in [4.69, 9.17) is 4.42 Å². The van der Waals surface area contributed by atoms with Crippen LogP contribution >= 0.6 is 15.9 Å². The van der Waals surface area contributed by atoms with Gasteiger partial charge < -0.3 is 9.73 Å². The highest BCUT2D eigenvalue weighted by Crippen LogP contribution is 2.19. The Morgan fingerprint density at radius 1 is 1.18 bits per heavy atom. The zero-order valence-corrected chi connectivity index (χ0v) is 10.7. The maximum Gasteiger partial charge on any atom is 0.326 e. The number of carbonyl (C=O) groups excluding carboxylic acids is 1. The molecule has 2 rings (SSSR count). The van der Waals surface area contributed by atoms with Gasteiger partial charge in [0.2, 0.25) is 5.88 Å². The molecule has 17 heavy (non-hydrogen) atoms. The first-order valence-electron chi connectivity index (χ1n) is 5.04. The Morgan fingerprint density at radius 3 is 2.59 bits per heavy atom. The first-order valence-corrected chi connectivity index (χ1v) is 5.83. The molecule has 4 nitrogen and oxygen atoms in total. The standard InChI is InChI=1S/C12H11BrN2O2/c1-8-4-2-3-5-9(8)14-12(16)15-11-7-6-10(13)17-11/h2-7H,1H3,(H2,14,15,16). The molecule has 0 aliphatic rings. The van der Waals surface area contributed by atoms with Crippen molar-refractivity contribution in [2.45, 2.75) is 6.92 Å². The Hall–Kier alpha value is -1.75. The Kier molecular flexibility index (Phi) is 3.49. The summed E-state index contributed by atoms with van der Waals surface area (Å²) in [7, 11) is 0. The van der Waals surface area contributed by atoms with Crippen molar-refractivity contribution >= 4 is 33.5 Å². The van der Waals surface area contributed by atoms with Gasteiger partial charge in [-0.25, -0.2) is 4.79 Å². The van der Waals surface area contributed by atoms with Gasteiger partial charge in [-0.15, -0.1) is 0 Å². The van der Waals surface area contributed by atoms with Gasteiger partial charge >= 0.3 is 6.03 Å². The number of carbonyl (C=O) groups is 1. The summed E-state index contributed by atoms with van der Waals surface area (Å²) in [5.41, 5.74) is 1.78. The van der Waals surface area contributed by atoms with E-state index in [0.29, 0.717) is 10.6 Å². The van der Waals surface area contributed by atoms with Gasteiger partial charge in [0.15, 0.2) is 4.67 Å². The molecular formula is C12H11BrN2O2. The lowest BCUT2D eigenvalue weighted by atomic mass is 10.2. The minimum Gasteiger partial charge on any atom is -0.434 e. The van der Waals surface area contributed by atoms with Gasteiger partial charge in [-0.2, -0.15) is 0 Å². The van der Waals surface area contributed by atoms with Gasteiger partial charge in [-0.3, -0.25) is 5.32 Å². The Labute approximate surface area is 107 Å². The normalized spacial score (nSPS) is 10.0. The molecule has 0 spiro atoms. The van der Waals surface area contributed by atoms with E-state index in [0.717, 1.165) is 11.3 Å². The molecule has 1 heterocycles. The quantitative estimate of drug-likeness (QED) is 0.880. The Morgan fingerprint density at radius 2 is 1.94 bits per heavy atom. The zero-order chi connectivity index (χ0) is 12.3. The van der Waals surface area contributed by atoms with E-state index in [1.54, 1.807) is 12.1 Å². The second kappa shape index (κ2) is 5.05. The number of anilines is 2. The number of halogens is 1. The fraction of sp³-hybridized carbons (Fsp3) is 0.0833.